The summed E-state index contributed by atoms with van der Waals surface area (Å²) in [5, 5.41) is 0. The number of anilines is 3. The number of sulfonamides is 1. The molecule has 0 saturated carbocycles. The third-order valence-electron chi connectivity index (χ3n) is 5.44. The van der Waals surface area contributed by atoms with Gasteiger partial charge in [-0.15, -0.1) is 0 Å². The van der Waals surface area contributed by atoms with Crippen LogP contribution in [0.1, 0.15) is 38.3 Å². The molecule has 1 aliphatic heterocycles. The number of amides is 1. The van der Waals surface area contributed by atoms with Crippen LogP contribution in [0.3, 0.4) is 0 Å². The zero-order valence-electron chi connectivity index (χ0n) is 17.5. The van der Waals surface area contributed by atoms with E-state index in [0.717, 1.165) is 35.6 Å². The average Bonchev–Trinajstić information content (AvgIpc) is 3.13. The third-order valence-corrected chi connectivity index (χ3v) is 6.81. The summed E-state index contributed by atoms with van der Waals surface area (Å²) >= 11 is 0. The second kappa shape index (κ2) is 8.45. The van der Waals surface area contributed by atoms with E-state index in [4.69, 9.17) is 0 Å². The molecule has 0 spiro atoms. The van der Waals surface area contributed by atoms with E-state index < -0.39 is 10.0 Å². The SMILES string of the molecule is CCC(=O)N1CCc2cc(S(=O)(=O)Nc3ccc(N(CC)CC)cc3C)ccc21. The number of nitrogens with zero attached hydrogens (tertiary/aromatic N) is 2. The van der Waals surface area contributed by atoms with Gasteiger partial charge in [0.25, 0.3) is 10.0 Å². The molecule has 2 aromatic rings. The van der Waals surface area contributed by atoms with Crippen LogP contribution in [0, 0.1) is 6.92 Å². The molecule has 0 saturated heterocycles. The van der Waals surface area contributed by atoms with E-state index >= 15 is 0 Å². The first-order valence-electron chi connectivity index (χ1n) is 10.1. The number of aryl methyl sites for hydroxylation is 1. The van der Waals surface area contributed by atoms with E-state index in [1.807, 2.05) is 32.0 Å². The van der Waals surface area contributed by atoms with Crippen LogP contribution < -0.4 is 14.5 Å². The Morgan fingerprint density at radius 2 is 1.83 bits per heavy atom. The Morgan fingerprint density at radius 1 is 1.10 bits per heavy atom. The van der Waals surface area contributed by atoms with Crippen molar-refractivity contribution in [2.45, 2.75) is 45.4 Å². The van der Waals surface area contributed by atoms with Crippen LogP contribution in [0.5, 0.6) is 0 Å². The van der Waals surface area contributed by atoms with Crippen molar-refractivity contribution in [2.24, 2.45) is 0 Å². The van der Waals surface area contributed by atoms with Crippen molar-refractivity contribution in [1.82, 2.24) is 0 Å². The normalized spacial score (nSPS) is 13.3. The minimum absolute atomic E-state index is 0.0569. The summed E-state index contributed by atoms with van der Waals surface area (Å²) in [7, 11) is -3.71. The number of carbonyl (C=O) groups excluding carboxylic acids is 1. The summed E-state index contributed by atoms with van der Waals surface area (Å²) in [5.41, 5.74) is 4.23. The minimum Gasteiger partial charge on any atom is -0.372 e. The average molecular weight is 416 g/mol. The topological polar surface area (TPSA) is 69.7 Å². The lowest BCUT2D eigenvalue weighted by atomic mass is 10.1. The molecule has 0 aliphatic carbocycles. The van der Waals surface area contributed by atoms with Gasteiger partial charge in [0.15, 0.2) is 0 Å². The quantitative estimate of drug-likeness (QED) is 0.744. The standard InChI is InChI=1S/C22H29N3O3S/c1-5-22(26)25-13-12-17-15-19(9-11-21(17)25)29(27,28)23-20-10-8-18(14-16(20)4)24(6-2)7-3/h8-11,14-15,23H,5-7,12-13H2,1-4H3. The van der Waals surface area contributed by atoms with Crippen LogP contribution in [0.25, 0.3) is 0 Å². The van der Waals surface area contributed by atoms with Gasteiger partial charge in [0.1, 0.15) is 0 Å². The van der Waals surface area contributed by atoms with Gasteiger partial charge in [0.05, 0.1) is 10.6 Å². The van der Waals surface area contributed by atoms with Gasteiger partial charge in [-0.05, 0) is 74.7 Å². The summed E-state index contributed by atoms with van der Waals surface area (Å²) in [6.07, 6.45) is 1.10. The maximum Gasteiger partial charge on any atom is 0.261 e. The number of benzene rings is 2. The third kappa shape index (κ3) is 4.24. The van der Waals surface area contributed by atoms with Gasteiger partial charge in [0.2, 0.25) is 5.91 Å². The van der Waals surface area contributed by atoms with Gasteiger partial charge in [0, 0.05) is 37.4 Å². The fraction of sp³-hybridized carbons (Fsp3) is 0.409. The first kappa shape index (κ1) is 21.2. The molecule has 29 heavy (non-hydrogen) atoms. The highest BCUT2D eigenvalue weighted by Gasteiger charge is 2.26. The van der Waals surface area contributed by atoms with Crippen LogP contribution in [0.15, 0.2) is 41.3 Å². The lowest BCUT2D eigenvalue weighted by Gasteiger charge is -2.22. The first-order chi connectivity index (χ1) is 13.8. The maximum absolute atomic E-state index is 13.0. The Bertz CT molecular complexity index is 1010. The van der Waals surface area contributed by atoms with Crippen LogP contribution in [0.4, 0.5) is 17.1 Å². The number of hydrogen-bond acceptors (Lipinski definition) is 4. The molecule has 0 radical (unpaired) electrons. The van der Waals surface area contributed by atoms with Crippen molar-refractivity contribution in [2.75, 3.05) is 34.2 Å². The van der Waals surface area contributed by atoms with Gasteiger partial charge < -0.3 is 9.80 Å². The van der Waals surface area contributed by atoms with Gasteiger partial charge in [-0.1, -0.05) is 6.92 Å². The highest BCUT2D eigenvalue weighted by atomic mass is 32.2. The maximum atomic E-state index is 13.0. The lowest BCUT2D eigenvalue weighted by Crippen LogP contribution is -2.27. The van der Waals surface area contributed by atoms with Crippen LogP contribution in [-0.2, 0) is 21.2 Å². The van der Waals surface area contributed by atoms with E-state index in [-0.39, 0.29) is 10.8 Å². The van der Waals surface area contributed by atoms with Crippen molar-refractivity contribution in [1.29, 1.82) is 0 Å². The Labute approximate surface area is 173 Å². The summed E-state index contributed by atoms with van der Waals surface area (Å²) < 4.78 is 28.6. The molecule has 1 aliphatic rings. The van der Waals surface area contributed by atoms with E-state index in [1.54, 1.807) is 23.1 Å². The van der Waals surface area contributed by atoms with Crippen molar-refractivity contribution in [3.63, 3.8) is 0 Å². The molecule has 0 atom stereocenters. The second-order valence-electron chi connectivity index (χ2n) is 7.22. The van der Waals surface area contributed by atoms with Crippen LogP contribution in [-0.4, -0.2) is 34.0 Å². The Morgan fingerprint density at radius 3 is 2.45 bits per heavy atom. The predicted molar refractivity (Wildman–Crippen MR) is 118 cm³/mol. The molecule has 0 aromatic heterocycles. The summed E-state index contributed by atoms with van der Waals surface area (Å²) in [6, 6.07) is 10.7. The molecule has 0 fully saturated rings. The number of nitrogens with one attached hydrogen (secondary N) is 1. The molecule has 1 N–H and O–H groups in total. The van der Waals surface area contributed by atoms with Crippen molar-refractivity contribution in [3.8, 4) is 0 Å². The molecule has 7 heteroatoms. The number of hydrogen-bond donors (Lipinski definition) is 1. The molecule has 3 rings (SSSR count). The predicted octanol–water partition coefficient (Wildman–Crippen LogP) is 3.94. The highest BCUT2D eigenvalue weighted by Crippen LogP contribution is 2.32. The van der Waals surface area contributed by atoms with Crippen molar-refractivity contribution >= 4 is 33.0 Å². The van der Waals surface area contributed by atoms with E-state index in [9.17, 15) is 13.2 Å². The molecule has 0 bridgehead atoms. The summed E-state index contributed by atoms with van der Waals surface area (Å²) in [5.74, 6) is 0.0569. The van der Waals surface area contributed by atoms with Crippen LogP contribution in [0.2, 0.25) is 0 Å². The largest absolute Gasteiger partial charge is 0.372 e. The van der Waals surface area contributed by atoms with Crippen molar-refractivity contribution in [3.05, 3.63) is 47.5 Å². The van der Waals surface area contributed by atoms with Gasteiger partial charge >= 0.3 is 0 Å². The fourth-order valence-electron chi connectivity index (χ4n) is 3.75. The number of fused-ring (bicyclic) bond motifs is 1. The zero-order chi connectivity index (χ0) is 21.2. The Kier molecular flexibility index (Phi) is 6.17. The number of carbonyl (C=O) groups is 1. The van der Waals surface area contributed by atoms with Gasteiger partial charge in [-0.2, -0.15) is 0 Å². The van der Waals surface area contributed by atoms with E-state index in [2.05, 4.69) is 23.5 Å². The molecule has 1 amide bonds. The van der Waals surface area contributed by atoms with Gasteiger partial charge in [-0.25, -0.2) is 8.42 Å². The summed E-state index contributed by atoms with van der Waals surface area (Å²) in [6.45, 7) is 10.3. The monoisotopic (exact) mass is 415 g/mol. The fourth-order valence-corrected chi connectivity index (χ4v) is 4.93. The second-order valence-corrected chi connectivity index (χ2v) is 8.90. The summed E-state index contributed by atoms with van der Waals surface area (Å²) in [4.78, 5) is 16.2. The first-order valence-corrected chi connectivity index (χ1v) is 11.6. The molecule has 2 aromatic carbocycles. The van der Waals surface area contributed by atoms with Crippen molar-refractivity contribution < 1.29 is 13.2 Å². The minimum atomic E-state index is -3.71. The Balaban J connectivity index is 1.85. The smallest absolute Gasteiger partial charge is 0.261 e. The molecule has 1 heterocycles. The van der Waals surface area contributed by atoms with Crippen LogP contribution >= 0.6 is 0 Å². The molecule has 6 nitrogen and oxygen atoms in total. The zero-order valence-corrected chi connectivity index (χ0v) is 18.3. The molecular formula is C22H29N3O3S. The lowest BCUT2D eigenvalue weighted by molar-refractivity contribution is -0.118. The molecule has 156 valence electrons. The van der Waals surface area contributed by atoms with Gasteiger partial charge in [-0.3, -0.25) is 9.52 Å². The van der Waals surface area contributed by atoms with E-state index in [1.165, 1.54) is 0 Å². The molecular weight excluding hydrogens is 386 g/mol. The van der Waals surface area contributed by atoms with E-state index in [0.29, 0.717) is 25.1 Å². The highest BCUT2D eigenvalue weighted by molar-refractivity contribution is 7.92. The molecule has 0 unspecified atom stereocenters. The number of rotatable bonds is 7. The Hall–Kier alpha value is -2.54.